The van der Waals surface area contributed by atoms with E-state index in [4.69, 9.17) is 19.4 Å². The summed E-state index contributed by atoms with van der Waals surface area (Å²) in [5, 5.41) is 6.57. The van der Waals surface area contributed by atoms with Gasteiger partial charge in [-0.15, -0.1) is 0 Å². The van der Waals surface area contributed by atoms with E-state index in [0.29, 0.717) is 17.6 Å². The van der Waals surface area contributed by atoms with Crippen molar-refractivity contribution < 1.29 is 4.42 Å². The van der Waals surface area contributed by atoms with Gasteiger partial charge in [0.1, 0.15) is 11.2 Å². The molecule has 322 valence electrons. The fraction of sp³-hybridized carbons (Fsp3) is 0. The summed E-state index contributed by atoms with van der Waals surface area (Å²) in [4.78, 5) is 16.2. The van der Waals surface area contributed by atoms with E-state index in [0.717, 1.165) is 93.7 Å². The van der Waals surface area contributed by atoms with Crippen LogP contribution in [0.2, 0.25) is 0 Å². The molecular weight excluding hydrogens is 843 g/mol. The van der Waals surface area contributed by atoms with Crippen molar-refractivity contribution in [2.24, 2.45) is 0 Å². The highest BCUT2D eigenvalue weighted by Gasteiger charge is 2.25. The third-order valence-corrected chi connectivity index (χ3v) is 13.6. The van der Waals surface area contributed by atoms with Crippen LogP contribution in [0.5, 0.6) is 0 Å². The molecule has 4 aromatic heterocycles. The molecule has 0 unspecified atom stereocenters. The topological polar surface area (TPSA) is 61.7 Å². The summed E-state index contributed by atoms with van der Waals surface area (Å²) in [6.45, 7) is 0. The van der Waals surface area contributed by atoms with Gasteiger partial charge in [0.2, 0.25) is 5.95 Å². The second kappa shape index (κ2) is 15.6. The van der Waals surface area contributed by atoms with Crippen LogP contribution < -0.4 is 0 Å². The Morgan fingerprint density at radius 1 is 0.319 bits per heavy atom. The van der Waals surface area contributed by atoms with Gasteiger partial charge in [0.25, 0.3) is 0 Å². The Bertz CT molecular complexity index is 4280. The number of rotatable bonds is 7. The Balaban J connectivity index is 1.03. The minimum atomic E-state index is 0.514. The van der Waals surface area contributed by atoms with Gasteiger partial charge < -0.3 is 8.98 Å². The quantitative estimate of drug-likeness (QED) is 0.160. The number of furan rings is 1. The fourth-order valence-electron chi connectivity index (χ4n) is 10.5. The zero-order valence-electron chi connectivity index (χ0n) is 37.2. The third-order valence-electron chi connectivity index (χ3n) is 13.6. The summed E-state index contributed by atoms with van der Waals surface area (Å²) >= 11 is 0. The maximum Gasteiger partial charge on any atom is 0.238 e. The Kier molecular flexibility index (Phi) is 8.79. The molecule has 69 heavy (non-hydrogen) atoms. The van der Waals surface area contributed by atoms with Crippen molar-refractivity contribution in [3.05, 3.63) is 237 Å². The van der Waals surface area contributed by atoms with Gasteiger partial charge in [0.05, 0.1) is 27.6 Å². The predicted molar refractivity (Wildman–Crippen MR) is 283 cm³/mol. The average Bonchev–Trinajstić information content (AvgIpc) is 4.10. The molecule has 0 aliphatic carbocycles. The van der Waals surface area contributed by atoms with Crippen LogP contribution in [0.15, 0.2) is 241 Å². The van der Waals surface area contributed by atoms with Crippen LogP contribution in [0, 0.1) is 0 Å². The summed E-state index contributed by atoms with van der Waals surface area (Å²) in [6, 6.07) is 83.2. The van der Waals surface area contributed by atoms with Crippen LogP contribution in [0.25, 0.3) is 133 Å². The van der Waals surface area contributed by atoms with E-state index in [1.807, 2.05) is 18.2 Å². The number of hydrogen-bond donors (Lipinski definition) is 0. The maximum absolute atomic E-state index is 6.91. The highest BCUT2D eigenvalue weighted by atomic mass is 16.3. The van der Waals surface area contributed by atoms with E-state index in [-0.39, 0.29) is 0 Å². The average molecular weight is 882 g/mol. The second-order valence-corrected chi connectivity index (χ2v) is 17.5. The Hall–Kier alpha value is -9.39. The number of fused-ring (bicyclic) bond motifs is 10. The molecule has 4 heterocycles. The minimum absolute atomic E-state index is 0.514. The lowest BCUT2D eigenvalue weighted by Gasteiger charge is -2.14. The van der Waals surface area contributed by atoms with Gasteiger partial charge in [-0.05, 0) is 75.8 Å². The monoisotopic (exact) mass is 881 g/mol. The van der Waals surface area contributed by atoms with E-state index >= 15 is 0 Å². The lowest BCUT2D eigenvalue weighted by Crippen LogP contribution is -2.07. The van der Waals surface area contributed by atoms with E-state index in [2.05, 4.69) is 228 Å². The zero-order valence-corrected chi connectivity index (χ0v) is 37.2. The van der Waals surface area contributed by atoms with Gasteiger partial charge in [-0.1, -0.05) is 194 Å². The summed E-state index contributed by atoms with van der Waals surface area (Å²) in [5.74, 6) is 1.60. The molecular formula is C63H39N5O. The number of hydrogen-bond acceptors (Lipinski definition) is 4. The van der Waals surface area contributed by atoms with Crippen LogP contribution in [-0.4, -0.2) is 24.1 Å². The lowest BCUT2D eigenvalue weighted by molar-refractivity contribution is 0.669. The Morgan fingerprint density at radius 2 is 0.826 bits per heavy atom. The third kappa shape index (κ3) is 6.23. The first-order valence-corrected chi connectivity index (χ1v) is 23.3. The van der Waals surface area contributed by atoms with Gasteiger partial charge >= 0.3 is 0 Å². The summed E-state index contributed by atoms with van der Waals surface area (Å²) in [7, 11) is 0. The molecule has 6 nitrogen and oxygen atoms in total. The van der Waals surface area contributed by atoms with Crippen LogP contribution in [-0.2, 0) is 0 Å². The van der Waals surface area contributed by atoms with E-state index in [9.17, 15) is 0 Å². The van der Waals surface area contributed by atoms with Gasteiger partial charge in [0.15, 0.2) is 11.6 Å². The van der Waals surface area contributed by atoms with Gasteiger partial charge in [-0.25, -0.2) is 4.98 Å². The standard InChI is InChI=1S/C63H39N5O/c1-4-17-40(18-5-1)42-33-35-46(36-34-42)67-54-30-12-10-25-48(54)50-37-38-51-49-26-11-13-31-55(49)68(59(51)58(50)67)63-65-61(43-21-8-3-9-22-43)64-62(66-63)53-29-15-28-52-57-47(27-16-32-56(57)69-60(52)53)45-24-14-23-44(39-45)41-19-6-2-7-20-41/h1-39H. The van der Waals surface area contributed by atoms with E-state index in [1.54, 1.807) is 0 Å². The van der Waals surface area contributed by atoms with Crippen LogP contribution in [0.4, 0.5) is 0 Å². The number of benzene rings is 10. The number of aromatic nitrogens is 5. The van der Waals surface area contributed by atoms with Gasteiger partial charge in [0, 0.05) is 43.6 Å². The van der Waals surface area contributed by atoms with Crippen molar-refractivity contribution in [3.8, 4) is 67.8 Å². The van der Waals surface area contributed by atoms with Crippen molar-refractivity contribution in [2.45, 2.75) is 0 Å². The van der Waals surface area contributed by atoms with Crippen LogP contribution >= 0.6 is 0 Å². The molecule has 0 saturated carbocycles. The van der Waals surface area contributed by atoms with E-state index < -0.39 is 0 Å². The molecule has 0 bridgehead atoms. The first-order valence-electron chi connectivity index (χ1n) is 23.3. The molecule has 10 aromatic carbocycles. The minimum Gasteiger partial charge on any atom is -0.455 e. The number of para-hydroxylation sites is 3. The summed E-state index contributed by atoms with van der Waals surface area (Å²) in [5.41, 5.74) is 15.4. The van der Waals surface area contributed by atoms with Crippen molar-refractivity contribution in [1.29, 1.82) is 0 Å². The molecule has 0 aliphatic heterocycles. The van der Waals surface area contributed by atoms with Crippen molar-refractivity contribution >= 4 is 65.6 Å². The Morgan fingerprint density at radius 3 is 1.54 bits per heavy atom. The molecule has 0 saturated heterocycles. The molecule has 14 aromatic rings. The van der Waals surface area contributed by atoms with Crippen LogP contribution in [0.3, 0.4) is 0 Å². The molecule has 0 fully saturated rings. The van der Waals surface area contributed by atoms with Gasteiger partial charge in [-0.2, -0.15) is 9.97 Å². The normalized spacial score (nSPS) is 11.8. The molecule has 0 N–H and O–H groups in total. The summed E-state index contributed by atoms with van der Waals surface area (Å²) in [6.07, 6.45) is 0. The van der Waals surface area contributed by atoms with Gasteiger partial charge in [-0.3, -0.25) is 4.57 Å². The maximum atomic E-state index is 6.91. The van der Waals surface area contributed by atoms with Crippen molar-refractivity contribution in [2.75, 3.05) is 0 Å². The SMILES string of the molecule is c1ccc(-c2ccc(-n3c4ccccc4c4ccc5c6ccccc6n(-c6nc(-c7ccccc7)nc(-c7cccc8c7oc7cccc(-c9cccc(-c%10ccccc%10)c9)c78)n6)c5c43)cc2)cc1. The molecule has 0 spiro atoms. The Labute approximate surface area is 396 Å². The second-order valence-electron chi connectivity index (χ2n) is 17.5. The first-order chi connectivity index (χ1) is 34.2. The molecule has 0 aliphatic rings. The lowest BCUT2D eigenvalue weighted by atomic mass is 9.95. The van der Waals surface area contributed by atoms with Crippen molar-refractivity contribution in [3.63, 3.8) is 0 Å². The highest BCUT2D eigenvalue weighted by Crippen LogP contribution is 2.44. The number of nitrogens with zero attached hydrogens (tertiary/aromatic N) is 5. The smallest absolute Gasteiger partial charge is 0.238 e. The molecule has 0 amide bonds. The van der Waals surface area contributed by atoms with E-state index in [1.165, 1.54) is 22.1 Å². The summed E-state index contributed by atoms with van der Waals surface area (Å²) < 4.78 is 11.6. The van der Waals surface area contributed by atoms with Crippen molar-refractivity contribution in [1.82, 2.24) is 24.1 Å². The first kappa shape index (κ1) is 38.8. The predicted octanol–water partition coefficient (Wildman–Crippen LogP) is 16.3. The molecule has 0 atom stereocenters. The largest absolute Gasteiger partial charge is 0.455 e. The fourth-order valence-corrected chi connectivity index (χ4v) is 10.5. The highest BCUT2D eigenvalue weighted by molar-refractivity contribution is 6.24. The van der Waals surface area contributed by atoms with Crippen LogP contribution in [0.1, 0.15) is 0 Å². The molecule has 0 radical (unpaired) electrons. The molecule has 14 rings (SSSR count). The molecule has 6 heteroatoms. The zero-order chi connectivity index (χ0) is 45.4.